The predicted molar refractivity (Wildman–Crippen MR) is 79.3 cm³/mol. The molecular formula is C13H17N3O3S2. The number of hydrogen-bond acceptors (Lipinski definition) is 6. The van der Waals surface area contributed by atoms with E-state index >= 15 is 0 Å². The van der Waals surface area contributed by atoms with Crippen LogP contribution >= 0.6 is 11.3 Å². The summed E-state index contributed by atoms with van der Waals surface area (Å²) >= 11 is 1.52. The van der Waals surface area contributed by atoms with Crippen molar-refractivity contribution >= 4 is 21.4 Å². The van der Waals surface area contributed by atoms with Crippen LogP contribution in [0.1, 0.15) is 42.1 Å². The van der Waals surface area contributed by atoms with Gasteiger partial charge in [-0.25, -0.2) is 18.1 Å². The Morgan fingerprint density at radius 1 is 1.43 bits per heavy atom. The minimum absolute atomic E-state index is 0.171. The molecule has 1 aliphatic rings. The Morgan fingerprint density at radius 3 is 2.76 bits per heavy atom. The second-order valence-electron chi connectivity index (χ2n) is 5.44. The third-order valence-corrected chi connectivity index (χ3v) is 6.21. The Bertz CT molecular complexity index is 701. The number of nitrogens with zero attached hydrogens (tertiary/aromatic N) is 2. The van der Waals surface area contributed by atoms with Crippen LogP contribution in [0.2, 0.25) is 0 Å². The molecule has 2 aromatic rings. The fraction of sp³-hybridized carbons (Fsp3) is 0.538. The van der Waals surface area contributed by atoms with Crippen molar-refractivity contribution < 1.29 is 12.9 Å². The van der Waals surface area contributed by atoms with Crippen LogP contribution in [0.25, 0.3) is 0 Å². The maximum atomic E-state index is 12.4. The second-order valence-corrected chi connectivity index (χ2v) is 8.02. The van der Waals surface area contributed by atoms with Gasteiger partial charge in [-0.3, -0.25) is 0 Å². The van der Waals surface area contributed by atoms with E-state index in [1.54, 1.807) is 6.07 Å². The lowest BCUT2D eigenvalue weighted by atomic mass is 10.0. The van der Waals surface area contributed by atoms with Gasteiger partial charge in [0.25, 0.3) is 0 Å². The SMILES string of the molecule is Cc1csc(C2(NS(=O)(=O)Cc3ccon3)CCCC2)n1. The van der Waals surface area contributed by atoms with Crippen molar-refractivity contribution in [2.24, 2.45) is 0 Å². The maximum absolute atomic E-state index is 12.4. The van der Waals surface area contributed by atoms with E-state index in [9.17, 15) is 8.42 Å². The van der Waals surface area contributed by atoms with Crippen LogP contribution in [0.15, 0.2) is 22.2 Å². The number of nitrogens with one attached hydrogen (secondary N) is 1. The molecule has 0 atom stereocenters. The summed E-state index contributed by atoms with van der Waals surface area (Å²) in [5, 5.41) is 6.49. The largest absolute Gasteiger partial charge is 0.364 e. The Hall–Kier alpha value is -1.25. The van der Waals surface area contributed by atoms with Crippen molar-refractivity contribution in [1.29, 1.82) is 0 Å². The minimum Gasteiger partial charge on any atom is -0.364 e. The average molecular weight is 327 g/mol. The first-order valence-corrected chi connectivity index (χ1v) is 9.36. The predicted octanol–water partition coefficient (Wildman–Crippen LogP) is 2.33. The molecule has 0 bridgehead atoms. The highest BCUT2D eigenvalue weighted by molar-refractivity contribution is 7.88. The van der Waals surface area contributed by atoms with E-state index < -0.39 is 15.6 Å². The molecule has 1 saturated carbocycles. The van der Waals surface area contributed by atoms with Gasteiger partial charge in [0.1, 0.15) is 17.0 Å². The van der Waals surface area contributed by atoms with Gasteiger partial charge in [-0.2, -0.15) is 0 Å². The van der Waals surface area contributed by atoms with Crippen LogP contribution in [0, 0.1) is 6.92 Å². The van der Waals surface area contributed by atoms with Gasteiger partial charge in [0.15, 0.2) is 0 Å². The van der Waals surface area contributed by atoms with E-state index in [0.29, 0.717) is 5.69 Å². The van der Waals surface area contributed by atoms with Crippen molar-refractivity contribution in [2.45, 2.75) is 43.9 Å². The molecule has 3 rings (SSSR count). The number of rotatable bonds is 5. The molecule has 0 unspecified atom stereocenters. The molecule has 0 aliphatic heterocycles. The number of aryl methyl sites for hydroxylation is 1. The summed E-state index contributed by atoms with van der Waals surface area (Å²) in [4.78, 5) is 4.50. The molecule has 1 aliphatic carbocycles. The highest BCUT2D eigenvalue weighted by atomic mass is 32.2. The van der Waals surface area contributed by atoms with Gasteiger partial charge in [0.05, 0.1) is 11.2 Å². The molecule has 2 aromatic heterocycles. The van der Waals surface area contributed by atoms with Crippen molar-refractivity contribution in [3.8, 4) is 0 Å². The van der Waals surface area contributed by atoms with Gasteiger partial charge in [-0.15, -0.1) is 11.3 Å². The highest BCUT2D eigenvalue weighted by Gasteiger charge is 2.41. The van der Waals surface area contributed by atoms with Crippen molar-refractivity contribution in [2.75, 3.05) is 0 Å². The lowest BCUT2D eigenvalue weighted by molar-refractivity contribution is 0.398. The van der Waals surface area contributed by atoms with Crippen molar-refractivity contribution in [1.82, 2.24) is 14.9 Å². The molecule has 0 aromatic carbocycles. The summed E-state index contributed by atoms with van der Waals surface area (Å²) in [6, 6.07) is 1.56. The summed E-state index contributed by atoms with van der Waals surface area (Å²) < 4.78 is 32.4. The summed E-state index contributed by atoms with van der Waals surface area (Å²) in [5.41, 5.74) is 0.782. The first-order valence-electron chi connectivity index (χ1n) is 6.83. The Balaban J connectivity index is 1.85. The van der Waals surface area contributed by atoms with Gasteiger partial charge in [0.2, 0.25) is 10.0 Å². The lowest BCUT2D eigenvalue weighted by Gasteiger charge is -2.27. The van der Waals surface area contributed by atoms with Crippen LogP contribution in [0.5, 0.6) is 0 Å². The van der Waals surface area contributed by atoms with Gasteiger partial charge >= 0.3 is 0 Å². The third-order valence-electron chi connectivity index (χ3n) is 3.67. The van der Waals surface area contributed by atoms with E-state index in [-0.39, 0.29) is 5.75 Å². The van der Waals surface area contributed by atoms with Crippen molar-refractivity contribution in [3.63, 3.8) is 0 Å². The van der Waals surface area contributed by atoms with Gasteiger partial charge in [0, 0.05) is 17.1 Å². The molecule has 1 fully saturated rings. The van der Waals surface area contributed by atoms with Crippen LogP contribution in [-0.2, 0) is 21.3 Å². The van der Waals surface area contributed by atoms with Gasteiger partial charge in [-0.1, -0.05) is 18.0 Å². The smallest absolute Gasteiger partial charge is 0.218 e. The van der Waals surface area contributed by atoms with Gasteiger partial charge in [-0.05, 0) is 19.8 Å². The molecule has 21 heavy (non-hydrogen) atoms. The zero-order chi connectivity index (χ0) is 14.9. The number of sulfonamides is 1. The van der Waals surface area contributed by atoms with Crippen LogP contribution in [-0.4, -0.2) is 18.6 Å². The molecule has 114 valence electrons. The summed E-state index contributed by atoms with van der Waals surface area (Å²) in [7, 11) is -3.49. The van der Waals surface area contributed by atoms with Crippen LogP contribution < -0.4 is 4.72 Å². The average Bonchev–Trinajstić information content (AvgIpc) is 3.10. The van der Waals surface area contributed by atoms with E-state index in [4.69, 9.17) is 4.52 Å². The number of aromatic nitrogens is 2. The van der Waals surface area contributed by atoms with Crippen LogP contribution in [0.4, 0.5) is 0 Å². The molecule has 1 N–H and O–H groups in total. The standard InChI is InChI=1S/C13H17N3O3S2/c1-10-8-20-12(14-10)13(5-2-3-6-13)16-21(17,18)9-11-4-7-19-15-11/h4,7-8,16H,2-3,5-6,9H2,1H3. The molecule has 0 radical (unpaired) electrons. The second kappa shape index (κ2) is 5.51. The summed E-state index contributed by atoms with van der Waals surface area (Å²) in [5.74, 6) is -0.171. The van der Waals surface area contributed by atoms with E-state index in [2.05, 4.69) is 14.9 Å². The normalized spacial score (nSPS) is 18.1. The Labute approximate surface area is 127 Å². The van der Waals surface area contributed by atoms with Gasteiger partial charge < -0.3 is 4.52 Å². The first-order chi connectivity index (χ1) is 9.99. The summed E-state index contributed by atoms with van der Waals surface area (Å²) in [6.07, 6.45) is 4.96. The Kier molecular flexibility index (Phi) is 3.85. The number of hydrogen-bond donors (Lipinski definition) is 1. The molecule has 0 saturated heterocycles. The van der Waals surface area contributed by atoms with E-state index in [1.807, 2.05) is 12.3 Å². The van der Waals surface area contributed by atoms with Crippen LogP contribution in [0.3, 0.4) is 0 Å². The molecular weight excluding hydrogens is 310 g/mol. The fourth-order valence-corrected chi connectivity index (χ4v) is 5.34. The first kappa shape index (κ1) is 14.7. The number of thiazole rings is 1. The lowest BCUT2D eigenvalue weighted by Crippen LogP contribution is -2.44. The monoisotopic (exact) mass is 327 g/mol. The molecule has 8 heteroatoms. The van der Waals surface area contributed by atoms with E-state index in [1.165, 1.54) is 17.6 Å². The zero-order valence-electron chi connectivity index (χ0n) is 11.7. The third kappa shape index (κ3) is 3.17. The molecule has 0 spiro atoms. The fourth-order valence-electron chi connectivity index (χ4n) is 2.75. The zero-order valence-corrected chi connectivity index (χ0v) is 13.3. The quantitative estimate of drug-likeness (QED) is 0.911. The molecule has 6 nitrogen and oxygen atoms in total. The molecule has 2 heterocycles. The molecule has 0 amide bonds. The minimum atomic E-state index is -3.49. The highest BCUT2D eigenvalue weighted by Crippen LogP contribution is 2.40. The van der Waals surface area contributed by atoms with Crippen molar-refractivity contribution in [3.05, 3.63) is 34.1 Å². The topological polar surface area (TPSA) is 85.1 Å². The summed E-state index contributed by atoms with van der Waals surface area (Å²) in [6.45, 7) is 1.92. The Morgan fingerprint density at radius 2 is 2.19 bits per heavy atom. The maximum Gasteiger partial charge on any atom is 0.218 e. The van der Waals surface area contributed by atoms with E-state index in [0.717, 1.165) is 36.4 Å².